The van der Waals surface area contributed by atoms with Crippen LogP contribution in [0.1, 0.15) is 29.6 Å². The van der Waals surface area contributed by atoms with Crippen molar-refractivity contribution in [1.29, 1.82) is 0 Å². The molecule has 1 heterocycles. The molecular weight excluding hydrogens is 240 g/mol. The third kappa shape index (κ3) is 2.96. The maximum absolute atomic E-state index is 11.9. The van der Waals surface area contributed by atoms with E-state index in [0.717, 1.165) is 19.3 Å². The fourth-order valence-corrected chi connectivity index (χ4v) is 2.28. The molecule has 92 valence electrons. The first kappa shape index (κ1) is 12.3. The van der Waals surface area contributed by atoms with Gasteiger partial charge in [-0.25, -0.2) is 0 Å². The molecule has 0 aromatic carbocycles. The molecule has 1 aromatic rings. The Kier molecular flexibility index (Phi) is 3.97. The van der Waals surface area contributed by atoms with Crippen LogP contribution in [0.2, 0.25) is 5.02 Å². The average Bonchev–Trinajstić information content (AvgIpc) is 2.77. The average molecular weight is 255 g/mol. The highest BCUT2D eigenvalue weighted by molar-refractivity contribution is 6.33. The Hall–Kier alpha value is -1.13. The van der Waals surface area contributed by atoms with Gasteiger partial charge in [-0.3, -0.25) is 9.78 Å². The van der Waals surface area contributed by atoms with E-state index in [1.165, 1.54) is 6.20 Å². The van der Waals surface area contributed by atoms with Crippen molar-refractivity contribution in [2.45, 2.75) is 31.4 Å². The van der Waals surface area contributed by atoms with Gasteiger partial charge in [0.2, 0.25) is 0 Å². The zero-order valence-electron chi connectivity index (χ0n) is 9.65. The molecule has 1 aliphatic carbocycles. The van der Waals surface area contributed by atoms with Crippen LogP contribution in [0.3, 0.4) is 0 Å². The van der Waals surface area contributed by atoms with Crippen molar-refractivity contribution in [3.05, 3.63) is 29.0 Å². The summed E-state index contributed by atoms with van der Waals surface area (Å²) in [5.41, 5.74) is 0.426. The van der Waals surface area contributed by atoms with Crippen molar-refractivity contribution in [2.75, 3.05) is 7.11 Å². The van der Waals surface area contributed by atoms with Gasteiger partial charge in [0.05, 0.1) is 16.7 Å². The lowest BCUT2D eigenvalue weighted by atomic mass is 10.2. The fraction of sp³-hybridized carbons (Fsp3) is 0.500. The summed E-state index contributed by atoms with van der Waals surface area (Å²) in [6.45, 7) is 0. The predicted molar refractivity (Wildman–Crippen MR) is 65.1 cm³/mol. The van der Waals surface area contributed by atoms with Gasteiger partial charge < -0.3 is 10.1 Å². The Morgan fingerprint density at radius 3 is 3.06 bits per heavy atom. The quantitative estimate of drug-likeness (QED) is 0.898. The number of nitrogens with zero attached hydrogens (tertiary/aromatic N) is 1. The third-order valence-corrected chi connectivity index (χ3v) is 3.40. The first-order valence-electron chi connectivity index (χ1n) is 5.64. The van der Waals surface area contributed by atoms with Gasteiger partial charge in [-0.15, -0.1) is 0 Å². The van der Waals surface area contributed by atoms with E-state index in [-0.39, 0.29) is 18.1 Å². The summed E-state index contributed by atoms with van der Waals surface area (Å²) in [7, 11) is 1.70. The van der Waals surface area contributed by atoms with Crippen LogP contribution >= 0.6 is 11.6 Å². The van der Waals surface area contributed by atoms with Gasteiger partial charge in [0.15, 0.2) is 0 Å². The van der Waals surface area contributed by atoms with Gasteiger partial charge in [-0.2, -0.15) is 0 Å². The maximum atomic E-state index is 11.9. The van der Waals surface area contributed by atoms with Crippen LogP contribution in [0, 0.1) is 0 Å². The molecule has 0 saturated heterocycles. The molecule has 1 N–H and O–H groups in total. The number of amides is 1. The maximum Gasteiger partial charge on any atom is 0.254 e. The van der Waals surface area contributed by atoms with Crippen LogP contribution in [-0.2, 0) is 4.74 Å². The van der Waals surface area contributed by atoms with Crippen molar-refractivity contribution in [1.82, 2.24) is 10.3 Å². The van der Waals surface area contributed by atoms with Crippen molar-refractivity contribution in [3.8, 4) is 0 Å². The lowest BCUT2D eigenvalue weighted by molar-refractivity contribution is 0.0915. The number of methoxy groups -OCH3 is 1. The van der Waals surface area contributed by atoms with Gasteiger partial charge >= 0.3 is 0 Å². The fourth-order valence-electron chi connectivity index (χ4n) is 2.09. The van der Waals surface area contributed by atoms with E-state index >= 15 is 0 Å². The number of rotatable bonds is 3. The molecule has 5 heteroatoms. The Balaban J connectivity index is 1.96. The van der Waals surface area contributed by atoms with Crippen molar-refractivity contribution in [3.63, 3.8) is 0 Å². The minimum absolute atomic E-state index is 0.162. The summed E-state index contributed by atoms with van der Waals surface area (Å²) in [4.78, 5) is 15.8. The Bertz CT molecular complexity index is 411. The third-order valence-electron chi connectivity index (χ3n) is 3.07. The number of aromatic nitrogens is 1. The van der Waals surface area contributed by atoms with Gasteiger partial charge in [0.1, 0.15) is 0 Å². The predicted octanol–water partition coefficient (Wildman–Crippen LogP) is 2.03. The number of halogens is 1. The summed E-state index contributed by atoms with van der Waals surface area (Å²) in [5.74, 6) is -0.162. The molecule has 0 spiro atoms. The Morgan fingerprint density at radius 2 is 2.41 bits per heavy atom. The van der Waals surface area contributed by atoms with E-state index in [4.69, 9.17) is 16.3 Å². The topological polar surface area (TPSA) is 51.2 Å². The minimum atomic E-state index is -0.162. The second-order valence-electron chi connectivity index (χ2n) is 4.20. The molecule has 17 heavy (non-hydrogen) atoms. The lowest BCUT2D eigenvalue weighted by Crippen LogP contribution is -2.33. The Morgan fingerprint density at radius 1 is 1.59 bits per heavy atom. The number of nitrogens with one attached hydrogen (secondary N) is 1. The Labute approximate surface area is 105 Å². The highest BCUT2D eigenvalue weighted by Crippen LogP contribution is 2.22. The largest absolute Gasteiger partial charge is 0.381 e. The number of carbonyl (C=O) groups is 1. The molecule has 0 bridgehead atoms. The summed E-state index contributed by atoms with van der Waals surface area (Å²) in [6.07, 6.45) is 6.10. The number of hydrogen-bond acceptors (Lipinski definition) is 3. The van der Waals surface area contributed by atoms with Gasteiger partial charge in [-0.1, -0.05) is 11.6 Å². The van der Waals surface area contributed by atoms with Crippen LogP contribution in [0.15, 0.2) is 18.5 Å². The van der Waals surface area contributed by atoms with E-state index in [1.54, 1.807) is 19.4 Å². The van der Waals surface area contributed by atoms with Gasteiger partial charge in [0, 0.05) is 25.5 Å². The number of pyridine rings is 1. The van der Waals surface area contributed by atoms with Crippen molar-refractivity contribution < 1.29 is 9.53 Å². The summed E-state index contributed by atoms with van der Waals surface area (Å²) < 4.78 is 5.26. The van der Waals surface area contributed by atoms with E-state index < -0.39 is 0 Å². The molecule has 2 atom stereocenters. The van der Waals surface area contributed by atoms with Crippen LogP contribution in [0.5, 0.6) is 0 Å². The summed E-state index contributed by atoms with van der Waals surface area (Å²) in [5, 5.41) is 3.39. The van der Waals surface area contributed by atoms with E-state index in [0.29, 0.717) is 10.6 Å². The molecule has 0 aliphatic heterocycles. The molecule has 0 radical (unpaired) electrons. The SMILES string of the molecule is COC1CCC(NC(=O)c2cnccc2Cl)C1. The first-order chi connectivity index (χ1) is 8.20. The van der Waals surface area contributed by atoms with Crippen molar-refractivity contribution in [2.24, 2.45) is 0 Å². The lowest BCUT2D eigenvalue weighted by Gasteiger charge is -2.13. The molecule has 1 fully saturated rings. The normalized spacial score (nSPS) is 23.6. The molecule has 2 rings (SSSR count). The van der Waals surface area contributed by atoms with Gasteiger partial charge in [0.25, 0.3) is 5.91 Å². The van der Waals surface area contributed by atoms with Crippen molar-refractivity contribution >= 4 is 17.5 Å². The van der Waals surface area contributed by atoms with Gasteiger partial charge in [-0.05, 0) is 25.3 Å². The highest BCUT2D eigenvalue weighted by atomic mass is 35.5. The molecule has 1 saturated carbocycles. The van der Waals surface area contributed by atoms with Crippen LogP contribution in [-0.4, -0.2) is 30.1 Å². The number of carbonyl (C=O) groups excluding carboxylic acids is 1. The van der Waals surface area contributed by atoms with E-state index in [2.05, 4.69) is 10.3 Å². The van der Waals surface area contributed by atoms with Crippen LogP contribution in [0.25, 0.3) is 0 Å². The molecule has 4 nitrogen and oxygen atoms in total. The minimum Gasteiger partial charge on any atom is -0.381 e. The van der Waals surface area contributed by atoms with Crippen LogP contribution in [0.4, 0.5) is 0 Å². The highest BCUT2D eigenvalue weighted by Gasteiger charge is 2.26. The second kappa shape index (κ2) is 5.47. The summed E-state index contributed by atoms with van der Waals surface area (Å²) in [6, 6.07) is 1.78. The number of ether oxygens (including phenoxy) is 1. The van der Waals surface area contributed by atoms with E-state index in [9.17, 15) is 4.79 Å². The molecule has 1 amide bonds. The summed E-state index contributed by atoms with van der Waals surface area (Å²) >= 11 is 5.93. The van der Waals surface area contributed by atoms with Crippen LogP contribution < -0.4 is 5.32 Å². The number of hydrogen-bond donors (Lipinski definition) is 1. The zero-order valence-corrected chi connectivity index (χ0v) is 10.4. The zero-order chi connectivity index (χ0) is 12.3. The second-order valence-corrected chi connectivity index (χ2v) is 4.60. The monoisotopic (exact) mass is 254 g/mol. The first-order valence-corrected chi connectivity index (χ1v) is 6.01. The van der Waals surface area contributed by atoms with E-state index in [1.807, 2.05) is 0 Å². The molecule has 1 aliphatic rings. The molecular formula is C12H15ClN2O2. The molecule has 2 unspecified atom stereocenters. The standard InChI is InChI=1S/C12H15ClN2O2/c1-17-9-3-2-8(6-9)15-12(16)10-7-14-5-4-11(10)13/h4-5,7-9H,2-3,6H2,1H3,(H,15,16). The smallest absolute Gasteiger partial charge is 0.254 e. The molecule has 1 aromatic heterocycles.